The molecule has 0 aromatic heterocycles. The zero-order chi connectivity index (χ0) is 13.6. The lowest BCUT2D eigenvalue weighted by atomic mass is 10.3. The molecule has 1 unspecified atom stereocenters. The number of aliphatic hydroxyl groups excluding tert-OH is 1. The van der Waals surface area contributed by atoms with Crippen molar-refractivity contribution in [2.75, 3.05) is 6.61 Å². The SMILES string of the molecule is C=CC(=O)OC(O)(CO)C(=O)OC(=O)C(=C)C. The molecule has 0 aromatic rings. The molecule has 0 amide bonds. The van der Waals surface area contributed by atoms with E-state index in [1.807, 2.05) is 0 Å². The highest BCUT2D eigenvalue weighted by molar-refractivity contribution is 5.98. The van der Waals surface area contributed by atoms with Crippen LogP contribution in [0.4, 0.5) is 0 Å². The molecule has 1 atom stereocenters. The van der Waals surface area contributed by atoms with E-state index >= 15 is 0 Å². The third kappa shape index (κ3) is 4.17. The first kappa shape index (κ1) is 15.0. The zero-order valence-corrected chi connectivity index (χ0v) is 9.13. The summed E-state index contributed by atoms with van der Waals surface area (Å²) >= 11 is 0. The average molecular weight is 244 g/mol. The van der Waals surface area contributed by atoms with Gasteiger partial charge in [0, 0.05) is 11.6 Å². The Morgan fingerprint density at radius 2 is 1.94 bits per heavy atom. The Labute approximate surface area is 96.9 Å². The van der Waals surface area contributed by atoms with E-state index < -0.39 is 30.3 Å². The lowest BCUT2D eigenvalue weighted by Gasteiger charge is -2.21. The van der Waals surface area contributed by atoms with Gasteiger partial charge in [0.05, 0.1) is 0 Å². The predicted molar refractivity (Wildman–Crippen MR) is 54.2 cm³/mol. The minimum Gasteiger partial charge on any atom is -0.416 e. The van der Waals surface area contributed by atoms with Gasteiger partial charge in [0.15, 0.2) is 0 Å². The fraction of sp³-hybridized carbons (Fsp3) is 0.300. The highest BCUT2D eigenvalue weighted by Gasteiger charge is 2.42. The summed E-state index contributed by atoms with van der Waals surface area (Å²) in [6.07, 6.45) is 0.661. The molecule has 0 heterocycles. The van der Waals surface area contributed by atoms with Gasteiger partial charge in [-0.05, 0) is 6.92 Å². The molecule has 0 saturated carbocycles. The van der Waals surface area contributed by atoms with Crippen molar-refractivity contribution in [3.63, 3.8) is 0 Å². The summed E-state index contributed by atoms with van der Waals surface area (Å²) in [5.41, 5.74) is -0.103. The van der Waals surface area contributed by atoms with E-state index in [9.17, 15) is 19.5 Å². The summed E-state index contributed by atoms with van der Waals surface area (Å²) in [7, 11) is 0. The molecular weight excluding hydrogens is 232 g/mol. The number of aliphatic hydroxyl groups is 2. The second-order valence-electron chi connectivity index (χ2n) is 3.03. The first-order valence-corrected chi connectivity index (χ1v) is 4.37. The summed E-state index contributed by atoms with van der Waals surface area (Å²) in [6.45, 7) is 6.22. The highest BCUT2D eigenvalue weighted by Crippen LogP contribution is 2.11. The Balaban J connectivity index is 4.80. The third-order valence-electron chi connectivity index (χ3n) is 1.50. The molecule has 0 rings (SSSR count). The Morgan fingerprint density at radius 3 is 2.29 bits per heavy atom. The number of carbonyl (C=O) groups is 3. The smallest absolute Gasteiger partial charge is 0.390 e. The standard InChI is InChI=1S/C10H12O7/c1-4-7(12)17-10(15,5-11)9(14)16-8(13)6(2)3/h4,11,15H,1-2,5H2,3H3. The molecule has 0 aliphatic heterocycles. The van der Waals surface area contributed by atoms with Crippen LogP contribution in [0.5, 0.6) is 0 Å². The van der Waals surface area contributed by atoms with E-state index in [4.69, 9.17) is 5.11 Å². The van der Waals surface area contributed by atoms with Crippen LogP contribution in [0.3, 0.4) is 0 Å². The molecule has 94 valence electrons. The molecule has 7 nitrogen and oxygen atoms in total. The van der Waals surface area contributed by atoms with Crippen molar-refractivity contribution < 1.29 is 34.1 Å². The van der Waals surface area contributed by atoms with Crippen LogP contribution in [-0.4, -0.2) is 40.5 Å². The fourth-order valence-corrected chi connectivity index (χ4v) is 0.598. The van der Waals surface area contributed by atoms with Crippen molar-refractivity contribution in [2.24, 2.45) is 0 Å². The first-order chi connectivity index (χ1) is 7.76. The Hall–Kier alpha value is -1.99. The molecule has 17 heavy (non-hydrogen) atoms. The summed E-state index contributed by atoms with van der Waals surface area (Å²) in [6, 6.07) is 0. The van der Waals surface area contributed by atoms with Gasteiger partial charge in [0.1, 0.15) is 6.61 Å². The topological polar surface area (TPSA) is 110 Å². The van der Waals surface area contributed by atoms with Gasteiger partial charge in [-0.1, -0.05) is 13.2 Å². The second-order valence-corrected chi connectivity index (χ2v) is 3.03. The monoisotopic (exact) mass is 244 g/mol. The predicted octanol–water partition coefficient (Wildman–Crippen LogP) is -0.958. The minimum absolute atomic E-state index is 0.103. The Bertz CT molecular complexity index is 371. The number of hydrogen-bond acceptors (Lipinski definition) is 7. The molecule has 0 aliphatic rings. The number of esters is 3. The molecule has 0 saturated heterocycles. The van der Waals surface area contributed by atoms with E-state index in [1.54, 1.807) is 0 Å². The first-order valence-electron chi connectivity index (χ1n) is 4.37. The van der Waals surface area contributed by atoms with Gasteiger partial charge in [-0.2, -0.15) is 0 Å². The largest absolute Gasteiger partial charge is 0.416 e. The zero-order valence-electron chi connectivity index (χ0n) is 9.13. The maximum absolute atomic E-state index is 11.3. The fourth-order valence-electron chi connectivity index (χ4n) is 0.598. The van der Waals surface area contributed by atoms with Crippen LogP contribution in [0, 0.1) is 0 Å². The number of carbonyl (C=O) groups excluding carboxylic acids is 3. The molecule has 0 spiro atoms. The number of rotatable bonds is 5. The van der Waals surface area contributed by atoms with Crippen LogP contribution in [0.15, 0.2) is 24.8 Å². The molecule has 0 radical (unpaired) electrons. The maximum atomic E-state index is 11.3. The molecule has 0 fully saturated rings. The van der Waals surface area contributed by atoms with Gasteiger partial charge in [0.2, 0.25) is 0 Å². The number of hydrogen-bond donors (Lipinski definition) is 2. The van der Waals surface area contributed by atoms with Crippen LogP contribution in [0.25, 0.3) is 0 Å². The molecular formula is C10H12O7. The van der Waals surface area contributed by atoms with Crippen molar-refractivity contribution in [1.82, 2.24) is 0 Å². The van der Waals surface area contributed by atoms with Crippen molar-refractivity contribution in [2.45, 2.75) is 12.7 Å². The molecule has 2 N–H and O–H groups in total. The van der Waals surface area contributed by atoms with Crippen LogP contribution in [0.1, 0.15) is 6.92 Å². The summed E-state index contributed by atoms with van der Waals surface area (Å²) in [5, 5.41) is 18.2. The van der Waals surface area contributed by atoms with Crippen LogP contribution >= 0.6 is 0 Å². The van der Waals surface area contributed by atoms with Crippen LogP contribution in [-0.2, 0) is 23.9 Å². The van der Waals surface area contributed by atoms with Gasteiger partial charge >= 0.3 is 23.7 Å². The third-order valence-corrected chi connectivity index (χ3v) is 1.50. The minimum atomic E-state index is -2.95. The van der Waals surface area contributed by atoms with Crippen LogP contribution < -0.4 is 0 Å². The summed E-state index contributed by atoms with van der Waals surface area (Å²) in [5.74, 6) is -6.85. The van der Waals surface area contributed by atoms with Gasteiger partial charge in [-0.25, -0.2) is 14.4 Å². The molecule has 7 heteroatoms. The van der Waals surface area contributed by atoms with Crippen molar-refractivity contribution in [1.29, 1.82) is 0 Å². The number of ether oxygens (including phenoxy) is 2. The summed E-state index contributed by atoms with van der Waals surface area (Å²) < 4.78 is 8.29. The van der Waals surface area contributed by atoms with Gasteiger partial charge in [0.25, 0.3) is 0 Å². The second kappa shape index (κ2) is 5.92. The molecule has 0 aliphatic carbocycles. The summed E-state index contributed by atoms with van der Waals surface area (Å²) in [4.78, 5) is 33.0. The van der Waals surface area contributed by atoms with E-state index in [0.717, 1.165) is 0 Å². The molecule has 0 aromatic carbocycles. The van der Waals surface area contributed by atoms with E-state index in [2.05, 4.69) is 22.6 Å². The quantitative estimate of drug-likeness (QED) is 0.277. The van der Waals surface area contributed by atoms with E-state index in [0.29, 0.717) is 6.08 Å². The molecule has 0 bridgehead atoms. The van der Waals surface area contributed by atoms with Crippen LogP contribution in [0.2, 0.25) is 0 Å². The van der Waals surface area contributed by atoms with Gasteiger partial charge in [-0.3, -0.25) is 0 Å². The highest BCUT2D eigenvalue weighted by atomic mass is 16.7. The Kier molecular flexibility index (Phi) is 5.23. The lowest BCUT2D eigenvalue weighted by Crippen LogP contribution is -2.48. The van der Waals surface area contributed by atoms with Gasteiger partial charge < -0.3 is 19.7 Å². The van der Waals surface area contributed by atoms with E-state index in [-0.39, 0.29) is 5.57 Å². The van der Waals surface area contributed by atoms with E-state index in [1.165, 1.54) is 6.92 Å². The van der Waals surface area contributed by atoms with Crippen molar-refractivity contribution in [3.8, 4) is 0 Å². The van der Waals surface area contributed by atoms with Crippen molar-refractivity contribution >= 4 is 17.9 Å². The average Bonchev–Trinajstić information content (AvgIpc) is 2.28. The maximum Gasteiger partial charge on any atom is 0.390 e. The lowest BCUT2D eigenvalue weighted by molar-refractivity contribution is -0.232. The van der Waals surface area contributed by atoms with Gasteiger partial charge in [-0.15, -0.1) is 0 Å². The Morgan fingerprint density at radius 1 is 1.41 bits per heavy atom. The van der Waals surface area contributed by atoms with Crippen molar-refractivity contribution in [3.05, 3.63) is 24.8 Å². The normalized spacial score (nSPS) is 13.1.